The van der Waals surface area contributed by atoms with Gasteiger partial charge in [0.05, 0.1) is 5.71 Å². The predicted molar refractivity (Wildman–Crippen MR) is 62.9 cm³/mol. The van der Waals surface area contributed by atoms with Crippen LogP contribution in [-0.2, 0) is 0 Å². The summed E-state index contributed by atoms with van der Waals surface area (Å²) in [5.74, 6) is 1.02. The van der Waals surface area contributed by atoms with Crippen LogP contribution in [0.1, 0.15) is 5.56 Å². The summed E-state index contributed by atoms with van der Waals surface area (Å²) >= 11 is 1.88. The molecular weight excluding hydrogens is 192 g/mol. The van der Waals surface area contributed by atoms with Crippen LogP contribution < -0.4 is 0 Å². The first-order valence-corrected chi connectivity index (χ1v) is 5.72. The average molecular weight is 206 g/mol. The van der Waals surface area contributed by atoms with Gasteiger partial charge in [-0.05, 0) is 19.7 Å². The molecule has 2 nitrogen and oxygen atoms in total. The Morgan fingerprint density at radius 3 is 2.57 bits per heavy atom. The maximum atomic E-state index is 4.66. The number of benzene rings is 1. The molecule has 1 heterocycles. The van der Waals surface area contributed by atoms with E-state index in [0.717, 1.165) is 5.75 Å². The Kier molecular flexibility index (Phi) is 2.89. The maximum Gasteiger partial charge on any atom is 0.149 e. The average Bonchev–Trinajstić information content (AvgIpc) is 2.68. The molecule has 3 heteroatoms. The molecular formula is C11H14N2S. The molecule has 0 fully saturated rings. The van der Waals surface area contributed by atoms with Crippen molar-refractivity contribution in [3.8, 4) is 0 Å². The van der Waals surface area contributed by atoms with Gasteiger partial charge in [-0.3, -0.25) is 9.89 Å². The largest absolute Gasteiger partial charge is 0.280 e. The molecule has 1 aliphatic rings. The van der Waals surface area contributed by atoms with E-state index < -0.39 is 0 Å². The summed E-state index contributed by atoms with van der Waals surface area (Å²) < 4.78 is 0. The zero-order valence-corrected chi connectivity index (χ0v) is 9.29. The predicted octanol–water partition coefficient (Wildman–Crippen LogP) is 2.07. The molecule has 0 saturated carbocycles. The van der Waals surface area contributed by atoms with Crippen molar-refractivity contribution in [3.05, 3.63) is 35.9 Å². The number of thioether (sulfide) groups is 1. The Hall–Kier alpha value is -0.800. The number of nitrogens with zero attached hydrogens (tertiary/aromatic N) is 2. The van der Waals surface area contributed by atoms with Gasteiger partial charge < -0.3 is 0 Å². The highest BCUT2D eigenvalue weighted by atomic mass is 32.2. The van der Waals surface area contributed by atoms with Crippen molar-refractivity contribution in [2.75, 3.05) is 19.8 Å². The minimum atomic E-state index is 0.296. The third kappa shape index (κ3) is 1.99. The van der Waals surface area contributed by atoms with Crippen LogP contribution in [0.4, 0.5) is 0 Å². The number of hydrogen-bond acceptors (Lipinski definition) is 3. The van der Waals surface area contributed by atoms with E-state index in [1.165, 1.54) is 11.3 Å². The van der Waals surface area contributed by atoms with Crippen LogP contribution in [0.15, 0.2) is 35.3 Å². The number of aliphatic imine (C=N–C) groups is 1. The lowest BCUT2D eigenvalue weighted by molar-refractivity contribution is 0.395. The van der Waals surface area contributed by atoms with Crippen LogP contribution in [0, 0.1) is 0 Å². The second kappa shape index (κ2) is 4.15. The summed E-state index contributed by atoms with van der Waals surface area (Å²) in [6.07, 6.45) is 0. The van der Waals surface area contributed by atoms with Crippen molar-refractivity contribution in [3.63, 3.8) is 0 Å². The molecule has 0 radical (unpaired) electrons. The summed E-state index contributed by atoms with van der Waals surface area (Å²) in [6.45, 7) is 0. The van der Waals surface area contributed by atoms with E-state index in [9.17, 15) is 0 Å². The van der Waals surface area contributed by atoms with Crippen LogP contribution in [0.5, 0.6) is 0 Å². The smallest absolute Gasteiger partial charge is 0.149 e. The highest BCUT2D eigenvalue weighted by molar-refractivity contribution is 8.00. The Balaban J connectivity index is 2.18. The summed E-state index contributed by atoms with van der Waals surface area (Å²) in [5.41, 5.74) is 2.77. The van der Waals surface area contributed by atoms with Gasteiger partial charge in [-0.1, -0.05) is 30.3 Å². The Bertz CT molecular complexity index is 332. The molecule has 14 heavy (non-hydrogen) atoms. The molecule has 0 saturated heterocycles. The SMILES string of the molecule is CN(C)C1N=C(c2ccccc2)CS1. The van der Waals surface area contributed by atoms with Crippen molar-refractivity contribution in [2.24, 2.45) is 4.99 Å². The van der Waals surface area contributed by atoms with Gasteiger partial charge in [-0.2, -0.15) is 0 Å². The molecule has 0 aliphatic carbocycles. The molecule has 0 spiro atoms. The zero-order chi connectivity index (χ0) is 9.97. The van der Waals surface area contributed by atoms with Crippen molar-refractivity contribution < 1.29 is 0 Å². The Labute approximate surface area is 89.0 Å². The summed E-state index contributed by atoms with van der Waals surface area (Å²) in [4.78, 5) is 6.80. The van der Waals surface area contributed by atoms with Gasteiger partial charge in [-0.25, -0.2) is 0 Å². The minimum Gasteiger partial charge on any atom is -0.280 e. The summed E-state index contributed by atoms with van der Waals surface area (Å²) in [5, 5.41) is 0. The molecule has 2 rings (SSSR count). The molecule has 1 aliphatic heterocycles. The third-order valence-corrected chi connectivity index (χ3v) is 3.45. The first-order valence-electron chi connectivity index (χ1n) is 4.67. The third-order valence-electron chi connectivity index (χ3n) is 2.18. The molecule has 1 aromatic rings. The molecule has 0 bridgehead atoms. The van der Waals surface area contributed by atoms with Crippen molar-refractivity contribution in [1.29, 1.82) is 0 Å². The molecule has 0 aromatic heterocycles. The lowest BCUT2D eigenvalue weighted by atomic mass is 10.1. The second-order valence-electron chi connectivity index (χ2n) is 3.54. The van der Waals surface area contributed by atoms with Crippen LogP contribution in [-0.4, -0.2) is 36.0 Å². The lowest BCUT2D eigenvalue weighted by Gasteiger charge is -2.13. The lowest BCUT2D eigenvalue weighted by Crippen LogP contribution is -2.20. The molecule has 0 N–H and O–H groups in total. The second-order valence-corrected chi connectivity index (χ2v) is 4.59. The standard InChI is InChI=1S/C11H14N2S/c1-13(2)11-12-10(8-14-11)9-6-4-3-5-7-9/h3-7,11H,8H2,1-2H3. The molecule has 74 valence electrons. The van der Waals surface area contributed by atoms with Gasteiger partial charge in [0.25, 0.3) is 0 Å². The minimum absolute atomic E-state index is 0.296. The van der Waals surface area contributed by atoms with Gasteiger partial charge in [-0.15, -0.1) is 11.8 Å². The normalized spacial score (nSPS) is 21.4. The Morgan fingerprint density at radius 2 is 2.00 bits per heavy atom. The fraction of sp³-hybridized carbons (Fsp3) is 0.364. The van der Waals surface area contributed by atoms with Crippen LogP contribution >= 0.6 is 11.8 Å². The molecule has 1 aromatic carbocycles. The monoisotopic (exact) mass is 206 g/mol. The van der Waals surface area contributed by atoms with Gasteiger partial charge in [0, 0.05) is 5.75 Å². The molecule has 0 amide bonds. The van der Waals surface area contributed by atoms with Crippen molar-refractivity contribution in [1.82, 2.24) is 4.90 Å². The van der Waals surface area contributed by atoms with Crippen LogP contribution in [0.3, 0.4) is 0 Å². The first-order chi connectivity index (χ1) is 6.77. The van der Waals surface area contributed by atoms with Gasteiger partial charge in [0.15, 0.2) is 0 Å². The van der Waals surface area contributed by atoms with E-state index in [-0.39, 0.29) is 0 Å². The van der Waals surface area contributed by atoms with E-state index >= 15 is 0 Å². The maximum absolute atomic E-state index is 4.66. The fourth-order valence-electron chi connectivity index (χ4n) is 1.41. The summed E-state index contributed by atoms with van der Waals surface area (Å²) in [6, 6.07) is 10.4. The highest BCUT2D eigenvalue weighted by Gasteiger charge is 2.19. The van der Waals surface area contributed by atoms with E-state index in [1.54, 1.807) is 0 Å². The van der Waals surface area contributed by atoms with E-state index in [1.807, 2.05) is 17.8 Å². The zero-order valence-electron chi connectivity index (χ0n) is 8.47. The molecule has 1 unspecified atom stereocenters. The van der Waals surface area contributed by atoms with E-state index in [4.69, 9.17) is 0 Å². The van der Waals surface area contributed by atoms with Crippen molar-refractivity contribution in [2.45, 2.75) is 5.50 Å². The fourth-order valence-corrected chi connectivity index (χ4v) is 2.46. The van der Waals surface area contributed by atoms with Gasteiger partial charge in [0.1, 0.15) is 5.50 Å². The summed E-state index contributed by atoms with van der Waals surface area (Å²) in [7, 11) is 4.13. The number of rotatable bonds is 2. The highest BCUT2D eigenvalue weighted by Crippen LogP contribution is 2.24. The first kappa shape index (κ1) is 9.74. The van der Waals surface area contributed by atoms with E-state index in [0.29, 0.717) is 5.50 Å². The van der Waals surface area contributed by atoms with Crippen molar-refractivity contribution >= 4 is 17.5 Å². The van der Waals surface area contributed by atoms with E-state index in [2.05, 4.69) is 48.3 Å². The van der Waals surface area contributed by atoms with Crippen LogP contribution in [0.2, 0.25) is 0 Å². The number of hydrogen-bond donors (Lipinski definition) is 0. The molecule has 1 atom stereocenters. The van der Waals surface area contributed by atoms with Gasteiger partial charge in [0.2, 0.25) is 0 Å². The topological polar surface area (TPSA) is 15.6 Å². The van der Waals surface area contributed by atoms with Crippen LogP contribution in [0.25, 0.3) is 0 Å². The Morgan fingerprint density at radius 1 is 1.29 bits per heavy atom. The van der Waals surface area contributed by atoms with Gasteiger partial charge >= 0.3 is 0 Å². The quantitative estimate of drug-likeness (QED) is 0.736.